The molecule has 3 aromatic rings. The number of hydrogen-bond donors (Lipinski definition) is 2. The molecule has 0 spiro atoms. The van der Waals surface area contributed by atoms with Gasteiger partial charge in [-0.15, -0.1) is 22.7 Å². The number of thiazole rings is 1. The van der Waals surface area contributed by atoms with Gasteiger partial charge in [-0.05, 0) is 46.3 Å². The number of anilines is 2. The van der Waals surface area contributed by atoms with Crippen molar-refractivity contribution in [1.82, 2.24) is 4.98 Å². The highest BCUT2D eigenvalue weighted by Gasteiger charge is 2.14. The molecule has 0 unspecified atom stereocenters. The zero-order chi connectivity index (χ0) is 18.0. The lowest BCUT2D eigenvalue weighted by Gasteiger charge is -2.04. The molecule has 0 bridgehead atoms. The fraction of sp³-hybridized carbons (Fsp3) is 0.0625. The van der Waals surface area contributed by atoms with Crippen LogP contribution in [-0.2, 0) is 4.79 Å². The number of thiophene rings is 1. The lowest BCUT2D eigenvalue weighted by molar-refractivity contribution is -0.114. The Labute approximate surface area is 159 Å². The van der Waals surface area contributed by atoms with Crippen molar-refractivity contribution in [3.63, 3.8) is 0 Å². The number of rotatable bonds is 4. The van der Waals surface area contributed by atoms with Gasteiger partial charge in [-0.25, -0.2) is 9.37 Å². The van der Waals surface area contributed by atoms with E-state index in [4.69, 9.17) is 0 Å². The predicted octanol–water partition coefficient (Wildman–Crippen LogP) is 4.98. The Hall–Kier alpha value is -2.10. The number of hydrogen-bond acceptors (Lipinski definition) is 5. The first kappa shape index (κ1) is 17.7. The Kier molecular flexibility index (Phi) is 5.26. The minimum Gasteiger partial charge on any atom is -0.326 e. The van der Waals surface area contributed by atoms with E-state index in [9.17, 15) is 14.0 Å². The second kappa shape index (κ2) is 7.42. The van der Waals surface area contributed by atoms with E-state index in [-0.39, 0.29) is 11.8 Å². The van der Waals surface area contributed by atoms with E-state index in [1.165, 1.54) is 41.7 Å². The van der Waals surface area contributed by atoms with Crippen LogP contribution in [0.5, 0.6) is 0 Å². The average molecular weight is 440 g/mol. The fourth-order valence-electron chi connectivity index (χ4n) is 2.05. The Morgan fingerprint density at radius 1 is 1.20 bits per heavy atom. The first-order valence-corrected chi connectivity index (χ1v) is 9.51. The maximum absolute atomic E-state index is 14.2. The highest BCUT2D eigenvalue weighted by atomic mass is 79.9. The molecule has 2 heterocycles. The minimum atomic E-state index is -0.503. The number of amides is 2. The number of carbonyl (C=O) groups is 2. The topological polar surface area (TPSA) is 71.1 Å². The Bertz CT molecular complexity index is 955. The van der Waals surface area contributed by atoms with Crippen molar-refractivity contribution in [2.24, 2.45) is 0 Å². The molecule has 3 rings (SSSR count). The number of nitrogens with one attached hydrogen (secondary N) is 2. The average Bonchev–Trinajstić information content (AvgIpc) is 3.16. The summed E-state index contributed by atoms with van der Waals surface area (Å²) < 4.78 is 15.1. The van der Waals surface area contributed by atoms with E-state index in [0.29, 0.717) is 27.0 Å². The summed E-state index contributed by atoms with van der Waals surface area (Å²) >= 11 is 5.83. The van der Waals surface area contributed by atoms with Crippen molar-refractivity contribution in [1.29, 1.82) is 0 Å². The smallest absolute Gasteiger partial charge is 0.267 e. The van der Waals surface area contributed by atoms with Gasteiger partial charge in [0.1, 0.15) is 5.82 Å². The summed E-state index contributed by atoms with van der Waals surface area (Å²) in [6.07, 6.45) is 0. The Morgan fingerprint density at radius 3 is 2.64 bits per heavy atom. The van der Waals surface area contributed by atoms with Gasteiger partial charge in [-0.3, -0.25) is 14.9 Å². The van der Waals surface area contributed by atoms with Gasteiger partial charge in [0.05, 0.1) is 14.4 Å². The first-order valence-electron chi connectivity index (χ1n) is 7.02. The summed E-state index contributed by atoms with van der Waals surface area (Å²) in [7, 11) is 0. The van der Waals surface area contributed by atoms with Gasteiger partial charge in [-0.2, -0.15) is 0 Å². The van der Waals surface area contributed by atoms with E-state index < -0.39 is 5.82 Å². The summed E-state index contributed by atoms with van der Waals surface area (Å²) in [6, 6.07) is 7.87. The third-order valence-electron chi connectivity index (χ3n) is 3.09. The second-order valence-corrected chi connectivity index (χ2v) is 8.29. The molecular formula is C16H11BrFN3O2S2. The highest BCUT2D eigenvalue weighted by Crippen LogP contribution is 2.29. The molecule has 0 saturated heterocycles. The number of aromatic nitrogens is 1. The number of benzene rings is 1. The van der Waals surface area contributed by atoms with Crippen LogP contribution in [0, 0.1) is 5.82 Å². The van der Waals surface area contributed by atoms with Gasteiger partial charge in [-0.1, -0.05) is 0 Å². The molecule has 0 atom stereocenters. The van der Waals surface area contributed by atoms with E-state index >= 15 is 0 Å². The van der Waals surface area contributed by atoms with Crippen LogP contribution < -0.4 is 10.6 Å². The fourth-order valence-corrected chi connectivity index (χ4v) is 4.04. The summed E-state index contributed by atoms with van der Waals surface area (Å²) in [4.78, 5) is 27.9. The Morgan fingerprint density at radius 2 is 2.00 bits per heavy atom. The van der Waals surface area contributed by atoms with Crippen LogP contribution >= 0.6 is 38.6 Å². The lowest BCUT2D eigenvalue weighted by Crippen LogP contribution is -2.09. The largest absolute Gasteiger partial charge is 0.326 e. The lowest BCUT2D eigenvalue weighted by atomic mass is 10.1. The molecule has 0 aliphatic heterocycles. The van der Waals surface area contributed by atoms with Crippen molar-refractivity contribution in [3.05, 3.63) is 50.2 Å². The minimum absolute atomic E-state index is 0.266. The van der Waals surface area contributed by atoms with Gasteiger partial charge in [0.15, 0.2) is 5.13 Å². The summed E-state index contributed by atoms with van der Waals surface area (Å²) in [5.41, 5.74) is 1.09. The molecule has 2 N–H and O–H groups in total. The zero-order valence-electron chi connectivity index (χ0n) is 12.8. The van der Waals surface area contributed by atoms with Crippen molar-refractivity contribution in [3.8, 4) is 11.3 Å². The molecule has 2 aromatic heterocycles. The van der Waals surface area contributed by atoms with E-state index in [1.807, 2.05) is 0 Å². The van der Waals surface area contributed by atoms with Gasteiger partial charge >= 0.3 is 0 Å². The van der Waals surface area contributed by atoms with Crippen molar-refractivity contribution < 1.29 is 14.0 Å². The number of halogens is 2. The maximum atomic E-state index is 14.2. The van der Waals surface area contributed by atoms with E-state index in [1.54, 1.807) is 23.6 Å². The Balaban J connectivity index is 1.77. The van der Waals surface area contributed by atoms with Gasteiger partial charge in [0.2, 0.25) is 5.91 Å². The molecule has 25 heavy (non-hydrogen) atoms. The van der Waals surface area contributed by atoms with Crippen LogP contribution in [0.2, 0.25) is 0 Å². The maximum Gasteiger partial charge on any atom is 0.267 e. The van der Waals surface area contributed by atoms with Gasteiger partial charge < -0.3 is 5.32 Å². The zero-order valence-corrected chi connectivity index (χ0v) is 16.0. The molecule has 0 radical (unpaired) electrons. The van der Waals surface area contributed by atoms with Crippen LogP contribution in [-0.4, -0.2) is 16.8 Å². The summed E-state index contributed by atoms with van der Waals surface area (Å²) in [5, 5.41) is 7.26. The number of nitrogens with zero attached hydrogens (tertiary/aromatic N) is 1. The van der Waals surface area contributed by atoms with E-state index in [2.05, 4.69) is 31.5 Å². The molecule has 2 amide bonds. The number of carbonyl (C=O) groups excluding carboxylic acids is 2. The summed E-state index contributed by atoms with van der Waals surface area (Å²) in [5.74, 6) is -1.04. The van der Waals surface area contributed by atoms with Crippen LogP contribution in [0.1, 0.15) is 16.6 Å². The molecule has 1 aromatic carbocycles. The molecular weight excluding hydrogens is 429 g/mol. The quantitative estimate of drug-likeness (QED) is 0.601. The third-order valence-corrected chi connectivity index (χ3v) is 5.47. The summed E-state index contributed by atoms with van der Waals surface area (Å²) in [6.45, 7) is 1.35. The molecule has 0 saturated carbocycles. The normalized spacial score (nSPS) is 10.5. The van der Waals surface area contributed by atoms with Crippen molar-refractivity contribution >= 4 is 61.2 Å². The van der Waals surface area contributed by atoms with Crippen LogP contribution in [0.4, 0.5) is 15.2 Å². The monoisotopic (exact) mass is 439 g/mol. The molecule has 9 heteroatoms. The molecule has 0 aliphatic carbocycles. The van der Waals surface area contributed by atoms with Crippen LogP contribution in [0.3, 0.4) is 0 Å². The van der Waals surface area contributed by atoms with Gasteiger partial charge in [0, 0.05) is 23.6 Å². The van der Waals surface area contributed by atoms with Crippen LogP contribution in [0.25, 0.3) is 11.3 Å². The van der Waals surface area contributed by atoms with Crippen molar-refractivity contribution in [2.75, 3.05) is 10.6 Å². The van der Waals surface area contributed by atoms with Crippen LogP contribution in [0.15, 0.2) is 39.5 Å². The molecule has 5 nitrogen and oxygen atoms in total. The van der Waals surface area contributed by atoms with E-state index in [0.717, 1.165) is 3.79 Å². The standard InChI is InChI=1S/C16H11BrFN3O2S2/c1-8(22)19-9-2-3-10(11(18)6-9)12-7-24-16(20-12)21-15(23)13-4-5-14(17)25-13/h2-7H,1H3,(H,19,22)(H,20,21,23). The SMILES string of the molecule is CC(=O)Nc1ccc(-c2csc(NC(=O)c3ccc(Br)s3)n2)c(F)c1. The highest BCUT2D eigenvalue weighted by molar-refractivity contribution is 9.11. The molecule has 128 valence electrons. The molecule has 0 fully saturated rings. The van der Waals surface area contributed by atoms with Gasteiger partial charge in [0.25, 0.3) is 5.91 Å². The first-order chi connectivity index (χ1) is 11.9. The van der Waals surface area contributed by atoms with Crippen molar-refractivity contribution in [2.45, 2.75) is 6.92 Å². The second-order valence-electron chi connectivity index (χ2n) is 4.97. The molecule has 0 aliphatic rings. The predicted molar refractivity (Wildman–Crippen MR) is 102 cm³/mol. The third kappa shape index (κ3) is 4.30.